The summed E-state index contributed by atoms with van der Waals surface area (Å²) in [6, 6.07) is 0. The lowest BCUT2D eigenvalue weighted by Crippen LogP contribution is -2.36. The van der Waals surface area contributed by atoms with E-state index in [1.165, 1.54) is 5.69 Å². The molecule has 0 aromatic carbocycles. The van der Waals surface area contributed by atoms with Crippen molar-refractivity contribution in [3.63, 3.8) is 0 Å². The Morgan fingerprint density at radius 2 is 2.06 bits per heavy atom. The van der Waals surface area contributed by atoms with Gasteiger partial charge >= 0.3 is 0 Å². The van der Waals surface area contributed by atoms with Gasteiger partial charge in [0.25, 0.3) is 0 Å². The normalized spacial score (nSPS) is 12.4. The second kappa shape index (κ2) is 6.17. The van der Waals surface area contributed by atoms with Gasteiger partial charge in [0, 0.05) is 19.6 Å². The van der Waals surface area contributed by atoms with Crippen molar-refractivity contribution in [3.05, 3.63) is 15.9 Å². The molecule has 0 spiro atoms. The van der Waals surface area contributed by atoms with Crippen LogP contribution in [0.5, 0.6) is 0 Å². The number of nitrogens with zero attached hydrogens (tertiary/aromatic N) is 3. The highest BCUT2D eigenvalue weighted by Gasteiger charge is 2.20. The van der Waals surface area contributed by atoms with Crippen molar-refractivity contribution < 1.29 is 0 Å². The summed E-state index contributed by atoms with van der Waals surface area (Å²) in [5, 5.41) is 4.52. The van der Waals surface area contributed by atoms with Crippen molar-refractivity contribution in [3.8, 4) is 0 Å². The number of halogens is 1. The summed E-state index contributed by atoms with van der Waals surface area (Å²) in [6.07, 6.45) is 0. The van der Waals surface area contributed by atoms with Gasteiger partial charge in [-0.15, -0.1) is 0 Å². The van der Waals surface area contributed by atoms with Crippen LogP contribution in [0.25, 0.3) is 0 Å². The summed E-state index contributed by atoms with van der Waals surface area (Å²) in [4.78, 5) is 2.31. The molecular weight excluding hydrogens is 292 g/mol. The van der Waals surface area contributed by atoms with Crippen LogP contribution in [0.15, 0.2) is 4.47 Å². The minimum Gasteiger partial charge on any atom is -0.330 e. The van der Waals surface area contributed by atoms with Gasteiger partial charge in [-0.25, -0.2) is 0 Å². The van der Waals surface area contributed by atoms with Crippen LogP contribution in [0.1, 0.15) is 32.2 Å². The second-order valence-electron chi connectivity index (χ2n) is 5.70. The molecule has 2 N–H and O–H groups in total. The molecule has 1 rings (SSSR count). The fourth-order valence-corrected chi connectivity index (χ4v) is 2.54. The molecule has 0 fully saturated rings. The molecule has 0 atom stereocenters. The van der Waals surface area contributed by atoms with Crippen LogP contribution in [-0.2, 0) is 13.1 Å². The lowest BCUT2D eigenvalue weighted by atomic mass is 9.93. The summed E-state index contributed by atoms with van der Waals surface area (Å²) in [5.41, 5.74) is 8.23. The van der Waals surface area contributed by atoms with Crippen LogP contribution < -0.4 is 5.73 Å². The van der Waals surface area contributed by atoms with E-state index in [1.807, 2.05) is 6.92 Å². The molecule has 4 nitrogen and oxygen atoms in total. The Labute approximate surface area is 119 Å². The Morgan fingerprint density at radius 1 is 1.44 bits per heavy atom. The third-order valence-corrected chi connectivity index (χ3v) is 4.15. The first-order valence-electron chi connectivity index (χ1n) is 6.41. The Hall–Kier alpha value is -0.390. The van der Waals surface area contributed by atoms with E-state index in [0.29, 0.717) is 6.54 Å². The van der Waals surface area contributed by atoms with Gasteiger partial charge in [-0.05, 0) is 48.8 Å². The molecule has 0 aliphatic rings. The number of nitrogens with two attached hydrogens (primary N) is 1. The predicted octanol–water partition coefficient (Wildman–Crippen LogP) is 2.39. The number of hydrogen-bond donors (Lipinski definition) is 1. The van der Waals surface area contributed by atoms with Crippen LogP contribution in [0.2, 0.25) is 0 Å². The molecule has 0 unspecified atom stereocenters. The zero-order valence-corrected chi connectivity index (χ0v) is 13.7. The first-order chi connectivity index (χ1) is 8.30. The molecule has 1 aromatic heterocycles. The highest BCUT2D eigenvalue weighted by molar-refractivity contribution is 9.10. The van der Waals surface area contributed by atoms with E-state index in [-0.39, 0.29) is 5.41 Å². The Kier molecular flexibility index (Phi) is 5.37. The lowest BCUT2D eigenvalue weighted by molar-refractivity contribution is 0.205. The molecule has 104 valence electrons. The SMILES string of the molecule is CCn1nc(C)c(Br)c1CN(C)CC(C)(C)CN. The Bertz CT molecular complexity index is 398. The van der Waals surface area contributed by atoms with Gasteiger partial charge in [-0.1, -0.05) is 13.8 Å². The van der Waals surface area contributed by atoms with Crippen molar-refractivity contribution >= 4 is 15.9 Å². The molecule has 0 radical (unpaired) electrons. The molecule has 1 aromatic rings. The first-order valence-corrected chi connectivity index (χ1v) is 7.20. The van der Waals surface area contributed by atoms with E-state index in [2.05, 4.69) is 58.4 Å². The van der Waals surface area contributed by atoms with E-state index in [0.717, 1.165) is 29.8 Å². The van der Waals surface area contributed by atoms with Crippen LogP contribution in [0, 0.1) is 12.3 Å². The molecule has 18 heavy (non-hydrogen) atoms. The van der Waals surface area contributed by atoms with E-state index in [4.69, 9.17) is 5.73 Å². The van der Waals surface area contributed by atoms with Gasteiger partial charge in [0.05, 0.1) is 15.9 Å². The summed E-state index contributed by atoms with van der Waals surface area (Å²) >= 11 is 3.63. The zero-order chi connectivity index (χ0) is 13.9. The molecule has 5 heteroatoms. The van der Waals surface area contributed by atoms with Gasteiger partial charge in [0.1, 0.15) is 0 Å². The summed E-state index contributed by atoms with van der Waals surface area (Å²) in [7, 11) is 2.13. The average molecular weight is 317 g/mol. The van der Waals surface area contributed by atoms with Crippen molar-refractivity contribution in [2.75, 3.05) is 20.1 Å². The molecule has 0 bridgehead atoms. The van der Waals surface area contributed by atoms with Gasteiger partial charge in [-0.3, -0.25) is 9.58 Å². The maximum absolute atomic E-state index is 5.78. The Balaban J connectivity index is 2.78. The van der Waals surface area contributed by atoms with Gasteiger partial charge in [-0.2, -0.15) is 5.10 Å². The van der Waals surface area contributed by atoms with Crippen molar-refractivity contribution in [2.45, 2.75) is 40.8 Å². The summed E-state index contributed by atoms with van der Waals surface area (Å²) < 4.78 is 3.19. The van der Waals surface area contributed by atoms with Crippen LogP contribution >= 0.6 is 15.9 Å². The molecule has 0 amide bonds. The minimum atomic E-state index is 0.146. The first kappa shape index (κ1) is 15.7. The molecule has 1 heterocycles. The van der Waals surface area contributed by atoms with Gasteiger partial charge in [0.2, 0.25) is 0 Å². The van der Waals surface area contributed by atoms with Crippen LogP contribution in [0.4, 0.5) is 0 Å². The van der Waals surface area contributed by atoms with Gasteiger partial charge in [0.15, 0.2) is 0 Å². The highest BCUT2D eigenvalue weighted by Crippen LogP contribution is 2.23. The summed E-state index contributed by atoms with van der Waals surface area (Å²) in [6.45, 7) is 12.0. The van der Waals surface area contributed by atoms with Crippen molar-refractivity contribution in [1.82, 2.24) is 14.7 Å². The quantitative estimate of drug-likeness (QED) is 0.876. The maximum Gasteiger partial charge on any atom is 0.0739 e. The lowest BCUT2D eigenvalue weighted by Gasteiger charge is -2.29. The maximum atomic E-state index is 5.78. The standard InChI is InChI=1S/C13H25BrN4/c1-6-18-11(12(14)10(2)16-18)7-17(5)9-13(3,4)8-15/h6-9,15H2,1-5H3. The van der Waals surface area contributed by atoms with Crippen molar-refractivity contribution in [1.29, 1.82) is 0 Å². The fourth-order valence-electron chi connectivity index (χ4n) is 2.13. The van der Waals surface area contributed by atoms with E-state index in [1.54, 1.807) is 0 Å². The van der Waals surface area contributed by atoms with Crippen molar-refractivity contribution in [2.24, 2.45) is 11.1 Å². The second-order valence-corrected chi connectivity index (χ2v) is 6.50. The predicted molar refractivity (Wildman–Crippen MR) is 79.5 cm³/mol. The summed E-state index contributed by atoms with van der Waals surface area (Å²) in [5.74, 6) is 0. The van der Waals surface area contributed by atoms with Gasteiger partial charge < -0.3 is 5.73 Å². The topological polar surface area (TPSA) is 47.1 Å². The van der Waals surface area contributed by atoms with E-state index in [9.17, 15) is 0 Å². The highest BCUT2D eigenvalue weighted by atomic mass is 79.9. The fraction of sp³-hybridized carbons (Fsp3) is 0.769. The monoisotopic (exact) mass is 316 g/mol. The number of aryl methyl sites for hydroxylation is 2. The van der Waals surface area contributed by atoms with Crippen LogP contribution in [0.3, 0.4) is 0 Å². The number of hydrogen-bond acceptors (Lipinski definition) is 3. The average Bonchev–Trinajstić information content (AvgIpc) is 2.56. The molecule has 0 saturated carbocycles. The zero-order valence-electron chi connectivity index (χ0n) is 12.1. The number of aromatic nitrogens is 2. The third-order valence-electron chi connectivity index (χ3n) is 3.12. The largest absolute Gasteiger partial charge is 0.330 e. The Morgan fingerprint density at radius 3 is 2.56 bits per heavy atom. The smallest absolute Gasteiger partial charge is 0.0739 e. The van der Waals surface area contributed by atoms with E-state index >= 15 is 0 Å². The van der Waals surface area contributed by atoms with E-state index < -0.39 is 0 Å². The molecule has 0 saturated heterocycles. The third kappa shape index (κ3) is 3.80. The van der Waals surface area contributed by atoms with Crippen LogP contribution in [-0.4, -0.2) is 34.8 Å². The molecular formula is C13H25BrN4. The minimum absolute atomic E-state index is 0.146. The molecule has 0 aliphatic carbocycles. The number of rotatable bonds is 6. The molecule has 0 aliphatic heterocycles.